The summed E-state index contributed by atoms with van der Waals surface area (Å²) in [6, 6.07) is 0. The molecule has 0 saturated heterocycles. The zero-order valence-corrected chi connectivity index (χ0v) is 6.46. The Bertz CT molecular complexity index is 235. The van der Waals surface area contributed by atoms with Crippen molar-refractivity contribution in [2.24, 2.45) is 0 Å². The molecule has 1 aromatic rings. The van der Waals surface area contributed by atoms with E-state index in [0.29, 0.717) is 0 Å². The van der Waals surface area contributed by atoms with Gasteiger partial charge in [-0.2, -0.15) is 5.10 Å². The maximum atomic E-state index is 4.25. The number of nitrogens with zero attached hydrogens (tertiary/aromatic N) is 2. The van der Waals surface area contributed by atoms with Crippen LogP contribution in [0.25, 0.3) is 6.08 Å². The Morgan fingerprint density at radius 3 is 2.80 bits per heavy atom. The van der Waals surface area contributed by atoms with E-state index in [4.69, 9.17) is 0 Å². The molecule has 0 aliphatic carbocycles. The van der Waals surface area contributed by atoms with Gasteiger partial charge in [0.15, 0.2) is 0 Å². The lowest BCUT2D eigenvalue weighted by atomic mass is 10.3. The van der Waals surface area contributed by atoms with E-state index in [0.717, 1.165) is 17.8 Å². The normalized spacial score (nSPS) is 9.80. The van der Waals surface area contributed by atoms with Crippen molar-refractivity contribution in [1.82, 2.24) is 9.78 Å². The van der Waals surface area contributed by atoms with Crippen molar-refractivity contribution >= 4 is 6.08 Å². The summed E-state index contributed by atoms with van der Waals surface area (Å²) in [6.45, 7) is 8.67. The first kappa shape index (κ1) is 7.06. The third-order valence-electron chi connectivity index (χ3n) is 1.53. The van der Waals surface area contributed by atoms with Crippen molar-refractivity contribution in [1.29, 1.82) is 0 Å². The fourth-order valence-corrected chi connectivity index (χ4v) is 0.896. The molecule has 1 heterocycles. The Morgan fingerprint density at radius 1 is 1.80 bits per heavy atom. The van der Waals surface area contributed by atoms with Gasteiger partial charge in [0.1, 0.15) is 0 Å². The van der Waals surface area contributed by atoms with Crippen LogP contribution in [-0.2, 0) is 6.54 Å². The van der Waals surface area contributed by atoms with Crippen LogP contribution in [0.4, 0.5) is 0 Å². The Morgan fingerprint density at radius 2 is 2.50 bits per heavy atom. The molecule has 0 amide bonds. The van der Waals surface area contributed by atoms with E-state index in [2.05, 4.69) is 18.6 Å². The highest BCUT2D eigenvalue weighted by molar-refractivity contribution is 5.47. The van der Waals surface area contributed by atoms with Crippen molar-refractivity contribution in [2.75, 3.05) is 0 Å². The maximum absolute atomic E-state index is 4.25. The molecule has 2 heteroatoms. The summed E-state index contributed by atoms with van der Waals surface area (Å²) in [6.07, 6.45) is 3.83. The molecular formula is C8H12N2. The van der Waals surface area contributed by atoms with E-state index < -0.39 is 0 Å². The third-order valence-corrected chi connectivity index (χ3v) is 1.53. The lowest BCUT2D eigenvalue weighted by Crippen LogP contribution is -1.93. The summed E-state index contributed by atoms with van der Waals surface area (Å²) in [5.41, 5.74) is 2.18. The van der Waals surface area contributed by atoms with E-state index in [1.165, 1.54) is 0 Å². The Balaban J connectivity index is 3.03. The molecule has 0 spiro atoms. The first-order chi connectivity index (χ1) is 4.77. The van der Waals surface area contributed by atoms with Gasteiger partial charge in [-0.15, -0.1) is 0 Å². The highest BCUT2D eigenvalue weighted by Gasteiger charge is 1.97. The zero-order valence-electron chi connectivity index (χ0n) is 6.46. The summed E-state index contributed by atoms with van der Waals surface area (Å²) in [5, 5.41) is 4.25. The topological polar surface area (TPSA) is 17.8 Å². The van der Waals surface area contributed by atoms with Gasteiger partial charge >= 0.3 is 0 Å². The van der Waals surface area contributed by atoms with Crippen LogP contribution in [-0.4, -0.2) is 9.78 Å². The quantitative estimate of drug-likeness (QED) is 0.606. The van der Waals surface area contributed by atoms with Crippen LogP contribution >= 0.6 is 0 Å². The third kappa shape index (κ3) is 1.10. The molecule has 10 heavy (non-hydrogen) atoms. The fourth-order valence-electron chi connectivity index (χ4n) is 0.896. The monoisotopic (exact) mass is 136 g/mol. The summed E-state index contributed by atoms with van der Waals surface area (Å²) in [7, 11) is 0. The van der Waals surface area contributed by atoms with Gasteiger partial charge in [0, 0.05) is 18.3 Å². The van der Waals surface area contributed by atoms with Crippen molar-refractivity contribution in [3.8, 4) is 0 Å². The van der Waals surface area contributed by atoms with E-state index >= 15 is 0 Å². The van der Waals surface area contributed by atoms with Crippen LogP contribution in [0.5, 0.6) is 0 Å². The Labute approximate surface area is 61.2 Å². The highest BCUT2D eigenvalue weighted by Crippen LogP contribution is 2.05. The molecule has 0 aromatic carbocycles. The number of aryl methyl sites for hydroxylation is 2. The smallest absolute Gasteiger partial charge is 0.0665 e. The summed E-state index contributed by atoms with van der Waals surface area (Å²) < 4.78 is 1.91. The van der Waals surface area contributed by atoms with Crippen molar-refractivity contribution in [3.05, 3.63) is 24.0 Å². The van der Waals surface area contributed by atoms with Gasteiger partial charge in [-0.05, 0) is 13.8 Å². The van der Waals surface area contributed by atoms with Gasteiger partial charge in [0.25, 0.3) is 0 Å². The fraction of sp³-hybridized carbons (Fsp3) is 0.375. The molecule has 1 aromatic heterocycles. The number of rotatable bonds is 2. The molecule has 0 fully saturated rings. The van der Waals surface area contributed by atoms with E-state index in [9.17, 15) is 0 Å². The summed E-state index contributed by atoms with van der Waals surface area (Å²) in [4.78, 5) is 0. The number of hydrogen-bond donors (Lipinski definition) is 0. The lowest BCUT2D eigenvalue weighted by molar-refractivity contribution is 0.653. The number of hydrogen-bond acceptors (Lipinski definition) is 1. The molecule has 54 valence electrons. The molecule has 0 aliphatic rings. The predicted molar refractivity (Wildman–Crippen MR) is 42.7 cm³/mol. The second kappa shape index (κ2) is 2.69. The molecule has 0 aliphatic heterocycles. The van der Waals surface area contributed by atoms with Crippen molar-refractivity contribution < 1.29 is 0 Å². The van der Waals surface area contributed by atoms with Gasteiger partial charge in [0.2, 0.25) is 0 Å². The Hall–Kier alpha value is -1.05. The van der Waals surface area contributed by atoms with E-state index in [1.807, 2.05) is 23.9 Å². The molecule has 1 rings (SSSR count). The van der Waals surface area contributed by atoms with Gasteiger partial charge in [-0.3, -0.25) is 4.68 Å². The molecule has 0 saturated carbocycles. The minimum Gasteiger partial charge on any atom is -0.272 e. The molecular weight excluding hydrogens is 124 g/mol. The van der Waals surface area contributed by atoms with Crippen molar-refractivity contribution in [3.63, 3.8) is 0 Å². The van der Waals surface area contributed by atoms with Gasteiger partial charge in [-0.1, -0.05) is 12.7 Å². The molecule has 0 N–H and O–H groups in total. The van der Waals surface area contributed by atoms with Gasteiger partial charge in [-0.25, -0.2) is 0 Å². The van der Waals surface area contributed by atoms with Gasteiger partial charge in [0.05, 0.1) is 5.69 Å². The minimum atomic E-state index is 0.925. The minimum absolute atomic E-state index is 0.925. The first-order valence-electron chi connectivity index (χ1n) is 3.44. The summed E-state index contributed by atoms with van der Waals surface area (Å²) >= 11 is 0. The molecule has 0 bridgehead atoms. The SMILES string of the molecule is C=Cc1cn(CC)nc1C. The van der Waals surface area contributed by atoms with Gasteiger partial charge < -0.3 is 0 Å². The molecule has 0 radical (unpaired) electrons. The van der Waals surface area contributed by atoms with Crippen LogP contribution in [0.2, 0.25) is 0 Å². The largest absolute Gasteiger partial charge is 0.272 e. The maximum Gasteiger partial charge on any atom is 0.0665 e. The Kier molecular flexibility index (Phi) is 1.90. The van der Waals surface area contributed by atoms with Crippen LogP contribution in [0.15, 0.2) is 12.8 Å². The number of aromatic nitrogens is 2. The van der Waals surface area contributed by atoms with E-state index in [-0.39, 0.29) is 0 Å². The molecule has 2 nitrogen and oxygen atoms in total. The predicted octanol–water partition coefficient (Wildman–Crippen LogP) is 1.85. The standard InChI is InChI=1S/C8H12N2/c1-4-8-6-10(5-2)9-7(8)3/h4,6H,1,5H2,2-3H3. The second-order valence-corrected chi connectivity index (χ2v) is 2.23. The van der Waals surface area contributed by atoms with Crippen LogP contribution in [0.1, 0.15) is 18.2 Å². The summed E-state index contributed by atoms with van der Waals surface area (Å²) in [5.74, 6) is 0. The van der Waals surface area contributed by atoms with Crippen LogP contribution in [0.3, 0.4) is 0 Å². The zero-order chi connectivity index (χ0) is 7.56. The average molecular weight is 136 g/mol. The van der Waals surface area contributed by atoms with E-state index in [1.54, 1.807) is 0 Å². The lowest BCUT2D eigenvalue weighted by Gasteiger charge is -1.89. The first-order valence-corrected chi connectivity index (χ1v) is 3.44. The van der Waals surface area contributed by atoms with Crippen molar-refractivity contribution in [2.45, 2.75) is 20.4 Å². The van der Waals surface area contributed by atoms with Crippen LogP contribution in [0, 0.1) is 6.92 Å². The highest BCUT2D eigenvalue weighted by atomic mass is 15.3. The second-order valence-electron chi connectivity index (χ2n) is 2.23. The average Bonchev–Trinajstić information content (AvgIpc) is 2.30. The molecule has 0 unspecified atom stereocenters. The van der Waals surface area contributed by atoms with Crippen LogP contribution < -0.4 is 0 Å². The molecule has 0 atom stereocenters.